The highest BCUT2D eigenvalue weighted by molar-refractivity contribution is 7.26. The van der Waals surface area contributed by atoms with Crippen LogP contribution in [0.1, 0.15) is 124 Å². The Hall–Kier alpha value is -5.20. The molecule has 8 aromatic rings. The Morgan fingerprint density at radius 3 is 1.29 bits per heavy atom. The number of fused-ring (bicyclic) bond motifs is 2. The van der Waals surface area contributed by atoms with Crippen molar-refractivity contribution >= 4 is 113 Å². The first-order valence-corrected chi connectivity index (χ1v) is 35.8. The molecule has 0 spiro atoms. The summed E-state index contributed by atoms with van der Waals surface area (Å²) in [6.45, 7) is 43.7. The number of carbonyl (C=O) groups is 2. The van der Waals surface area contributed by atoms with E-state index in [0.717, 1.165) is 163 Å². The van der Waals surface area contributed by atoms with E-state index in [1.165, 1.54) is 24.4 Å². The number of benzene rings is 4. The molecule has 3 aliphatic heterocycles. The lowest BCUT2D eigenvalue weighted by Crippen LogP contribution is -2.49. The van der Waals surface area contributed by atoms with Gasteiger partial charge in [0.05, 0.1) is 38.2 Å². The summed E-state index contributed by atoms with van der Waals surface area (Å²) in [6.07, 6.45) is -2.04. The van der Waals surface area contributed by atoms with Gasteiger partial charge in [-0.15, -0.1) is 45.3 Å². The number of esters is 1. The Morgan fingerprint density at radius 2 is 0.934 bits per heavy atom. The van der Waals surface area contributed by atoms with Gasteiger partial charge in [0.1, 0.15) is 11.6 Å². The minimum atomic E-state index is -1.14. The van der Waals surface area contributed by atoms with E-state index in [-0.39, 0.29) is 6.61 Å². The van der Waals surface area contributed by atoms with Crippen LogP contribution in [0.25, 0.3) is 62.7 Å². The number of aromatic nitrogens is 4. The maximum Gasteiger partial charge on any atom is 0.339 e. The van der Waals surface area contributed by atoms with E-state index in [0.29, 0.717) is 27.7 Å². The van der Waals surface area contributed by atoms with Crippen LogP contribution < -0.4 is 15.1 Å². The largest absolute Gasteiger partial charge is 0.479 e. The summed E-state index contributed by atoms with van der Waals surface area (Å²) in [7, 11) is 0. The number of anilines is 2. The van der Waals surface area contributed by atoms with Gasteiger partial charge < -0.3 is 34.4 Å². The second-order valence-corrected chi connectivity index (χ2v) is 30.7. The van der Waals surface area contributed by atoms with Crippen LogP contribution in [0, 0.1) is 13.8 Å². The molecule has 0 bridgehead atoms. The number of aliphatic carboxylic acids is 1. The van der Waals surface area contributed by atoms with Gasteiger partial charge in [-0.05, 0) is 163 Å². The first kappa shape index (κ1) is 70.1. The van der Waals surface area contributed by atoms with E-state index in [1.54, 1.807) is 34.0 Å². The van der Waals surface area contributed by atoms with Crippen molar-refractivity contribution in [3.05, 3.63) is 104 Å². The number of ether oxygens (including phenoxy) is 3. The van der Waals surface area contributed by atoms with Gasteiger partial charge in [-0.25, -0.2) is 29.5 Å². The van der Waals surface area contributed by atoms with Crippen molar-refractivity contribution in [3.63, 3.8) is 0 Å². The molecule has 2 N–H and O–H groups in total. The number of carbonyl (C=O) groups excluding carboxylic acids is 1. The van der Waals surface area contributed by atoms with Gasteiger partial charge in [0, 0.05) is 140 Å². The molecule has 91 heavy (non-hydrogen) atoms. The molecule has 7 heterocycles. The number of nitrogens with one attached hydrogen (secondary N) is 1. The molecule has 3 saturated heterocycles. The molecule has 0 amide bonds. The fourth-order valence-electron chi connectivity index (χ4n) is 11.6. The van der Waals surface area contributed by atoms with Crippen molar-refractivity contribution in [3.8, 4) is 42.3 Å². The number of halogens is 2. The lowest BCUT2D eigenvalue weighted by atomic mass is 9.91. The number of piperazine rings is 3. The number of thiazole rings is 4. The topological polar surface area (TPSA) is 162 Å². The van der Waals surface area contributed by atoms with Crippen LogP contribution in [0.4, 0.5) is 11.6 Å². The van der Waals surface area contributed by atoms with Crippen LogP contribution in [-0.2, 0) is 23.8 Å². The Bertz CT molecular complexity index is 3740. The fraction of sp³-hybridized carbons (Fsp3) is 0.507. The van der Waals surface area contributed by atoms with Crippen molar-refractivity contribution in [2.24, 2.45) is 0 Å². The second-order valence-electron chi connectivity index (χ2n) is 26.2. The van der Waals surface area contributed by atoms with Gasteiger partial charge in [-0.1, -0.05) is 47.5 Å². The Balaban J connectivity index is 0.000000189. The van der Waals surface area contributed by atoms with Crippen LogP contribution in [0.2, 0.25) is 10.0 Å². The number of rotatable bonds is 16. The van der Waals surface area contributed by atoms with Crippen LogP contribution in [0.5, 0.6) is 0 Å². The summed E-state index contributed by atoms with van der Waals surface area (Å²) in [6, 6.07) is 21.0. The summed E-state index contributed by atoms with van der Waals surface area (Å²) in [5, 5.41) is 22.6. The minimum absolute atomic E-state index is 0.268. The van der Waals surface area contributed by atoms with Crippen LogP contribution >= 0.6 is 68.5 Å². The molecule has 22 heteroatoms. The average Bonchev–Trinajstić information content (AvgIpc) is 1.71. The lowest BCUT2D eigenvalue weighted by molar-refractivity contribution is -0.166. The molecule has 0 saturated carbocycles. The van der Waals surface area contributed by atoms with Crippen LogP contribution in [0.3, 0.4) is 0 Å². The highest BCUT2D eigenvalue weighted by Crippen LogP contribution is 2.47. The van der Waals surface area contributed by atoms with Crippen LogP contribution in [-0.4, -0.2) is 166 Å². The van der Waals surface area contributed by atoms with Crippen molar-refractivity contribution in [2.45, 2.75) is 145 Å². The molecule has 3 aliphatic rings. The normalized spacial score (nSPS) is 16.4. The molecule has 0 aliphatic carbocycles. The van der Waals surface area contributed by atoms with Crippen LogP contribution in [0.15, 0.2) is 71.4 Å². The lowest BCUT2D eigenvalue weighted by Gasteiger charge is -2.37. The van der Waals surface area contributed by atoms with Gasteiger partial charge in [0.15, 0.2) is 32.2 Å². The maximum absolute atomic E-state index is 13.4. The Morgan fingerprint density at radius 1 is 0.560 bits per heavy atom. The smallest absolute Gasteiger partial charge is 0.339 e. The highest BCUT2D eigenvalue weighted by atomic mass is 35.5. The zero-order valence-electron chi connectivity index (χ0n) is 55.4. The molecular weight excluding hydrogens is 1260 g/mol. The highest BCUT2D eigenvalue weighted by Gasteiger charge is 2.36. The zero-order valence-corrected chi connectivity index (χ0v) is 60.2. The summed E-state index contributed by atoms with van der Waals surface area (Å²) in [5.74, 6) is 0.562. The molecule has 4 aromatic heterocycles. The molecule has 16 nitrogen and oxygen atoms in total. The predicted molar refractivity (Wildman–Crippen MR) is 381 cm³/mol. The zero-order chi connectivity index (χ0) is 65.6. The van der Waals surface area contributed by atoms with E-state index in [4.69, 9.17) is 57.3 Å². The van der Waals surface area contributed by atoms with E-state index < -0.39 is 35.3 Å². The van der Waals surface area contributed by atoms with E-state index >= 15 is 0 Å². The first-order valence-electron chi connectivity index (χ1n) is 31.7. The van der Waals surface area contributed by atoms with Gasteiger partial charge in [-0.2, -0.15) is 0 Å². The molecular formula is C69H90Cl2N10O6S4. The third kappa shape index (κ3) is 17.6. The molecule has 0 radical (unpaired) electrons. The van der Waals surface area contributed by atoms with Gasteiger partial charge in [-0.3, -0.25) is 14.7 Å². The summed E-state index contributed by atoms with van der Waals surface area (Å²) < 4.78 is 19.9. The van der Waals surface area contributed by atoms with Crippen molar-refractivity contribution in [1.82, 2.24) is 40.0 Å². The molecule has 3 fully saturated rings. The fourth-order valence-corrected chi connectivity index (χ4v) is 15.9. The van der Waals surface area contributed by atoms with Crippen molar-refractivity contribution in [2.75, 3.05) is 94.9 Å². The van der Waals surface area contributed by atoms with Crippen molar-refractivity contribution in [1.29, 1.82) is 0 Å². The molecule has 11 rings (SSSR count). The molecule has 4 aromatic carbocycles. The monoisotopic (exact) mass is 1350 g/mol. The molecule has 2 atom stereocenters. The number of hydrogen-bond donors (Lipinski definition) is 2. The number of carboxylic acid groups (broad SMARTS) is 1. The van der Waals surface area contributed by atoms with E-state index in [9.17, 15) is 14.7 Å². The quantitative estimate of drug-likeness (QED) is 0.0878. The van der Waals surface area contributed by atoms with E-state index in [1.807, 2.05) is 123 Å². The predicted octanol–water partition coefficient (Wildman–Crippen LogP) is 15.8. The van der Waals surface area contributed by atoms with Gasteiger partial charge >= 0.3 is 11.9 Å². The maximum atomic E-state index is 13.4. The Labute approximate surface area is 563 Å². The number of hydrogen-bond acceptors (Lipinski definition) is 19. The standard InChI is InChI=1S/C32H39ClN4O3S2.C30H35ClN4O3S2.C7H16N2/c1-8-39-31(38)27(40-32(5,6)7)25-20(4)17-23-28(26(25)21-9-11-22(33)12-10-21)42-30(34-23)29-35-24(18-41-29)37-15-13-36(14-16-37)19(2)3;1-17(2)34-11-13-35(14-12-34)22-16-39-27(33-22)28-32-21-15-18(3)23(25(29(36)37)38-30(4,5)6)24(26(21)40-28)19-7-9-20(31)10-8-19;1-7(2)9-5-3-8-4-6-9/h9-12,17-19,27H,8,13-16H2,1-7H3;7-10,15-17,25H,11-14H2,1-6H3,(H,36,37);7-8H,3-6H2,1-2H3/t27-;25-;/m00./s1. The SMILES string of the molecule is CC(C)N1CCNCC1.CCOC(=O)[C@@H](OC(C)(C)C)c1c(C)cc2nc(-c3nc(N4CCN(C(C)C)CC4)cs3)sc2c1-c1ccc(Cl)cc1.Cc1cc2nc(-c3nc(N4CCN(C(C)C)CC4)cs3)sc2c(-c2ccc(Cl)cc2)c1[C@H](OC(C)(C)C)C(=O)O. The number of carboxylic acids is 1. The third-order valence-electron chi connectivity index (χ3n) is 16.3. The first-order chi connectivity index (χ1) is 43.2. The summed E-state index contributed by atoms with van der Waals surface area (Å²) >= 11 is 18.9. The Kier molecular flexibility index (Phi) is 23.5. The third-order valence-corrected chi connectivity index (χ3v) is 20.9. The molecule has 0 unspecified atom stereocenters. The molecule has 490 valence electrons. The summed E-state index contributed by atoms with van der Waals surface area (Å²) in [5.41, 5.74) is 7.13. The summed E-state index contributed by atoms with van der Waals surface area (Å²) in [4.78, 5) is 58.2. The van der Waals surface area contributed by atoms with E-state index in [2.05, 4.69) is 82.1 Å². The van der Waals surface area contributed by atoms with Gasteiger partial charge in [0.25, 0.3) is 0 Å². The number of aryl methyl sites for hydroxylation is 2. The second kappa shape index (κ2) is 30.5. The van der Waals surface area contributed by atoms with Gasteiger partial charge in [0.2, 0.25) is 0 Å². The minimum Gasteiger partial charge on any atom is -0.479 e. The number of nitrogens with zero attached hydrogens (tertiary/aromatic N) is 9. The van der Waals surface area contributed by atoms with Crippen molar-refractivity contribution < 1.29 is 28.9 Å². The average molecular weight is 1350 g/mol.